The monoisotopic (exact) mass is 241 g/mol. The number of rotatable bonds is 7. The summed E-state index contributed by atoms with van der Waals surface area (Å²) in [6, 6.07) is -0.145. The zero-order valence-corrected chi connectivity index (χ0v) is 11.6. The highest BCUT2D eigenvalue weighted by Crippen LogP contribution is 2.33. The van der Waals surface area contributed by atoms with Crippen molar-refractivity contribution in [2.24, 2.45) is 17.6 Å². The minimum Gasteiger partial charge on any atom is -0.350 e. The molecule has 1 saturated carbocycles. The molecule has 0 saturated heterocycles. The van der Waals surface area contributed by atoms with Gasteiger partial charge in [-0.1, -0.05) is 26.7 Å². The first kappa shape index (κ1) is 14.5. The molecule has 2 atom stereocenters. The van der Waals surface area contributed by atoms with Crippen LogP contribution in [0.2, 0.25) is 0 Å². The molecule has 0 aromatic rings. The van der Waals surface area contributed by atoms with E-state index in [2.05, 4.69) is 24.1 Å². The Balaban J connectivity index is 2.38. The van der Waals surface area contributed by atoms with Crippen molar-refractivity contribution in [3.63, 3.8) is 0 Å². The number of amides is 1. The molecular weight excluding hydrogens is 214 g/mol. The largest absolute Gasteiger partial charge is 0.350 e. The van der Waals surface area contributed by atoms with E-state index in [9.17, 15) is 4.79 Å². The summed E-state index contributed by atoms with van der Waals surface area (Å²) in [5, 5.41) is 3.08. The van der Waals surface area contributed by atoms with Gasteiger partial charge in [-0.25, -0.2) is 0 Å². The van der Waals surface area contributed by atoms with Crippen molar-refractivity contribution in [3.8, 4) is 0 Å². The van der Waals surface area contributed by atoms with Crippen LogP contribution < -0.4 is 11.1 Å². The van der Waals surface area contributed by atoms with Crippen molar-refractivity contribution >= 4 is 5.91 Å². The average Bonchev–Trinajstić information content (AvgIpc) is 2.99. The number of hydrogen-bond donors (Lipinski definition) is 2. The summed E-state index contributed by atoms with van der Waals surface area (Å²) in [7, 11) is 4.04. The first-order valence-electron chi connectivity index (χ1n) is 6.60. The van der Waals surface area contributed by atoms with Crippen LogP contribution in [0.5, 0.6) is 0 Å². The normalized spacial score (nSPS) is 19.5. The van der Waals surface area contributed by atoms with E-state index in [1.54, 1.807) is 0 Å². The summed E-state index contributed by atoms with van der Waals surface area (Å²) < 4.78 is 0. The Morgan fingerprint density at radius 3 is 2.41 bits per heavy atom. The lowest BCUT2D eigenvalue weighted by Gasteiger charge is -2.27. The van der Waals surface area contributed by atoms with Gasteiger partial charge in [-0.05, 0) is 32.4 Å². The topological polar surface area (TPSA) is 58.4 Å². The van der Waals surface area contributed by atoms with E-state index in [0.29, 0.717) is 11.8 Å². The van der Waals surface area contributed by atoms with Crippen LogP contribution in [-0.2, 0) is 4.79 Å². The smallest absolute Gasteiger partial charge is 0.237 e. The third-order valence-electron chi connectivity index (χ3n) is 3.32. The Morgan fingerprint density at radius 1 is 1.41 bits per heavy atom. The summed E-state index contributed by atoms with van der Waals surface area (Å²) >= 11 is 0. The van der Waals surface area contributed by atoms with Gasteiger partial charge in [0.2, 0.25) is 5.91 Å². The molecule has 1 amide bonds. The van der Waals surface area contributed by atoms with E-state index in [-0.39, 0.29) is 18.0 Å². The Morgan fingerprint density at radius 2 is 2.00 bits per heavy atom. The molecule has 4 nitrogen and oxygen atoms in total. The van der Waals surface area contributed by atoms with E-state index in [4.69, 9.17) is 5.73 Å². The second-order valence-corrected chi connectivity index (χ2v) is 5.91. The summed E-state index contributed by atoms with van der Waals surface area (Å²) in [6.07, 6.45) is 3.33. The molecule has 1 fully saturated rings. The molecule has 0 radical (unpaired) electrons. The molecule has 0 spiro atoms. The number of carbonyl (C=O) groups excluding carboxylic acids is 1. The molecule has 1 unspecified atom stereocenters. The maximum Gasteiger partial charge on any atom is 0.237 e. The fourth-order valence-electron chi connectivity index (χ4n) is 1.93. The highest BCUT2D eigenvalue weighted by molar-refractivity contribution is 5.81. The van der Waals surface area contributed by atoms with Crippen LogP contribution in [0.15, 0.2) is 0 Å². The second-order valence-electron chi connectivity index (χ2n) is 5.91. The van der Waals surface area contributed by atoms with Crippen molar-refractivity contribution in [2.75, 3.05) is 20.6 Å². The summed E-state index contributed by atoms with van der Waals surface area (Å²) in [4.78, 5) is 14.0. The number of carbonyl (C=O) groups is 1. The lowest BCUT2D eigenvalue weighted by atomic mass is 10.0. The fraction of sp³-hybridized carbons (Fsp3) is 0.923. The van der Waals surface area contributed by atoms with Crippen LogP contribution in [0.25, 0.3) is 0 Å². The number of hydrogen-bond acceptors (Lipinski definition) is 3. The van der Waals surface area contributed by atoms with Crippen molar-refractivity contribution in [3.05, 3.63) is 0 Å². The number of nitrogens with zero attached hydrogens (tertiary/aromatic N) is 1. The lowest BCUT2D eigenvalue weighted by Crippen LogP contribution is -2.50. The predicted octanol–water partition coefficient (Wildman–Crippen LogP) is 0.816. The molecule has 3 N–H and O–H groups in total. The third kappa shape index (κ3) is 5.50. The quantitative estimate of drug-likeness (QED) is 0.693. The van der Waals surface area contributed by atoms with Crippen LogP contribution in [-0.4, -0.2) is 43.5 Å². The lowest BCUT2D eigenvalue weighted by molar-refractivity contribution is -0.123. The maximum absolute atomic E-state index is 11.9. The highest BCUT2D eigenvalue weighted by Gasteiger charge is 2.28. The van der Waals surface area contributed by atoms with Gasteiger partial charge in [0.05, 0.1) is 6.04 Å². The first-order chi connectivity index (χ1) is 7.90. The third-order valence-corrected chi connectivity index (χ3v) is 3.32. The molecule has 1 rings (SSSR count). The zero-order chi connectivity index (χ0) is 13.0. The van der Waals surface area contributed by atoms with Crippen molar-refractivity contribution in [1.29, 1.82) is 0 Å². The molecule has 1 aliphatic rings. The molecule has 0 aromatic heterocycles. The van der Waals surface area contributed by atoms with E-state index in [1.165, 1.54) is 12.8 Å². The molecular formula is C13H27N3O. The molecule has 0 aliphatic heterocycles. The van der Waals surface area contributed by atoms with Gasteiger partial charge in [-0.15, -0.1) is 0 Å². The molecule has 0 bridgehead atoms. The number of likely N-dealkylation sites (N-methyl/N-ethyl adjacent to an activating group) is 1. The minimum atomic E-state index is -0.328. The van der Waals surface area contributed by atoms with Crippen LogP contribution in [0.3, 0.4) is 0 Å². The highest BCUT2D eigenvalue weighted by atomic mass is 16.2. The van der Waals surface area contributed by atoms with Crippen LogP contribution in [0.1, 0.15) is 33.1 Å². The van der Waals surface area contributed by atoms with Gasteiger partial charge in [0.25, 0.3) is 0 Å². The average molecular weight is 241 g/mol. The van der Waals surface area contributed by atoms with Gasteiger partial charge in [-0.3, -0.25) is 4.79 Å². The van der Waals surface area contributed by atoms with E-state index in [0.717, 1.165) is 13.0 Å². The Hall–Kier alpha value is -0.610. The number of nitrogens with one attached hydrogen (secondary N) is 1. The molecule has 0 aromatic carbocycles. The first-order valence-corrected chi connectivity index (χ1v) is 6.60. The molecule has 0 heterocycles. The van der Waals surface area contributed by atoms with Crippen LogP contribution in [0, 0.1) is 11.8 Å². The van der Waals surface area contributed by atoms with Gasteiger partial charge in [0.15, 0.2) is 0 Å². The van der Waals surface area contributed by atoms with Gasteiger partial charge in [0.1, 0.15) is 0 Å². The van der Waals surface area contributed by atoms with E-state index in [1.807, 2.05) is 14.1 Å². The summed E-state index contributed by atoms with van der Waals surface area (Å²) in [6.45, 7) is 5.11. The summed E-state index contributed by atoms with van der Waals surface area (Å²) in [5.74, 6) is 1.13. The second kappa shape index (κ2) is 6.36. The Bertz CT molecular complexity index is 249. The Kier molecular flexibility index (Phi) is 5.40. The van der Waals surface area contributed by atoms with Gasteiger partial charge in [0, 0.05) is 12.6 Å². The number of nitrogens with two attached hydrogens (primary N) is 1. The van der Waals surface area contributed by atoms with Gasteiger partial charge >= 0.3 is 0 Å². The van der Waals surface area contributed by atoms with Crippen LogP contribution >= 0.6 is 0 Å². The fourth-order valence-corrected chi connectivity index (χ4v) is 1.93. The van der Waals surface area contributed by atoms with Gasteiger partial charge < -0.3 is 16.0 Å². The van der Waals surface area contributed by atoms with Gasteiger partial charge in [-0.2, -0.15) is 0 Å². The molecule has 4 heteroatoms. The zero-order valence-electron chi connectivity index (χ0n) is 11.6. The molecule has 1 aliphatic carbocycles. The molecule has 100 valence electrons. The summed E-state index contributed by atoms with van der Waals surface area (Å²) in [5.41, 5.74) is 5.91. The van der Waals surface area contributed by atoms with E-state index < -0.39 is 0 Å². The molecule has 17 heavy (non-hydrogen) atoms. The van der Waals surface area contributed by atoms with Crippen molar-refractivity contribution in [2.45, 2.75) is 45.2 Å². The maximum atomic E-state index is 11.9. The van der Waals surface area contributed by atoms with Crippen LogP contribution in [0.4, 0.5) is 0 Å². The van der Waals surface area contributed by atoms with Crippen molar-refractivity contribution in [1.82, 2.24) is 10.2 Å². The standard InChI is InChI=1S/C13H27N3O/c1-9(2)12(8-16(3)4)15-13(17)11(14)7-10-5-6-10/h9-12H,5-8,14H2,1-4H3,(H,15,17)/t11-,12?/m0/s1. The van der Waals surface area contributed by atoms with E-state index >= 15 is 0 Å². The predicted molar refractivity (Wildman–Crippen MR) is 70.6 cm³/mol. The minimum absolute atomic E-state index is 0.0115. The Labute approximate surface area is 105 Å². The SMILES string of the molecule is CC(C)C(CN(C)C)NC(=O)[C@@H](N)CC1CC1. The van der Waals surface area contributed by atoms with Crippen molar-refractivity contribution < 1.29 is 4.79 Å².